The SMILES string of the molecule is NCC1(CC2Cc3cc(F)ccc3O2)CCCCC1. The number of halogens is 1. The zero-order valence-electron chi connectivity index (χ0n) is 11.3. The molecule has 0 saturated heterocycles. The van der Waals surface area contributed by atoms with Gasteiger partial charge in [0, 0.05) is 12.0 Å². The van der Waals surface area contributed by atoms with Crippen molar-refractivity contribution in [3.05, 3.63) is 29.6 Å². The predicted octanol–water partition coefficient (Wildman–Crippen LogP) is 3.43. The standard InChI is InChI=1S/C16H22FNO/c17-13-4-5-15-12(8-13)9-14(19-15)10-16(11-18)6-2-1-3-7-16/h4-5,8,14H,1-3,6-7,9-11,18H2. The van der Waals surface area contributed by atoms with Crippen molar-refractivity contribution >= 4 is 0 Å². The van der Waals surface area contributed by atoms with Gasteiger partial charge in [-0.3, -0.25) is 0 Å². The lowest BCUT2D eigenvalue weighted by Gasteiger charge is -2.37. The van der Waals surface area contributed by atoms with Crippen LogP contribution < -0.4 is 10.5 Å². The number of rotatable bonds is 3. The van der Waals surface area contributed by atoms with Crippen molar-refractivity contribution in [1.29, 1.82) is 0 Å². The smallest absolute Gasteiger partial charge is 0.123 e. The number of nitrogens with two attached hydrogens (primary N) is 1. The van der Waals surface area contributed by atoms with E-state index < -0.39 is 0 Å². The second-order valence-corrected chi connectivity index (χ2v) is 6.16. The van der Waals surface area contributed by atoms with Gasteiger partial charge < -0.3 is 10.5 Å². The van der Waals surface area contributed by atoms with Crippen LogP contribution in [0.5, 0.6) is 5.75 Å². The molecule has 1 unspecified atom stereocenters. The molecule has 1 saturated carbocycles. The van der Waals surface area contributed by atoms with E-state index in [2.05, 4.69) is 0 Å². The van der Waals surface area contributed by atoms with Crippen LogP contribution in [0.2, 0.25) is 0 Å². The first kappa shape index (κ1) is 12.9. The average Bonchev–Trinajstić information content (AvgIpc) is 2.81. The molecule has 2 nitrogen and oxygen atoms in total. The molecular weight excluding hydrogens is 241 g/mol. The molecule has 1 atom stereocenters. The van der Waals surface area contributed by atoms with Crippen molar-refractivity contribution < 1.29 is 9.13 Å². The molecule has 1 aromatic carbocycles. The van der Waals surface area contributed by atoms with E-state index in [0.717, 1.165) is 30.7 Å². The number of hydrogen-bond donors (Lipinski definition) is 1. The fraction of sp³-hybridized carbons (Fsp3) is 0.625. The first-order chi connectivity index (χ1) is 9.21. The van der Waals surface area contributed by atoms with Gasteiger partial charge in [-0.25, -0.2) is 4.39 Å². The van der Waals surface area contributed by atoms with E-state index in [4.69, 9.17) is 10.5 Å². The molecule has 1 aromatic rings. The fourth-order valence-corrected chi connectivity index (χ4v) is 3.68. The molecule has 1 heterocycles. The van der Waals surface area contributed by atoms with Crippen LogP contribution in [0.4, 0.5) is 4.39 Å². The maximum absolute atomic E-state index is 13.2. The quantitative estimate of drug-likeness (QED) is 0.906. The maximum Gasteiger partial charge on any atom is 0.123 e. The molecule has 0 bridgehead atoms. The summed E-state index contributed by atoms with van der Waals surface area (Å²) in [5.74, 6) is 0.684. The molecule has 0 radical (unpaired) electrons. The van der Waals surface area contributed by atoms with Crippen LogP contribution >= 0.6 is 0 Å². The Bertz CT molecular complexity index is 454. The highest BCUT2D eigenvalue weighted by Crippen LogP contribution is 2.42. The van der Waals surface area contributed by atoms with Gasteiger partial charge in [-0.2, -0.15) is 0 Å². The van der Waals surface area contributed by atoms with Gasteiger partial charge in [0.05, 0.1) is 0 Å². The maximum atomic E-state index is 13.2. The summed E-state index contributed by atoms with van der Waals surface area (Å²) in [7, 11) is 0. The Kier molecular flexibility index (Phi) is 3.48. The summed E-state index contributed by atoms with van der Waals surface area (Å²) in [5.41, 5.74) is 7.29. The molecule has 1 aliphatic heterocycles. The minimum Gasteiger partial charge on any atom is -0.490 e. The Labute approximate surface area is 114 Å². The summed E-state index contributed by atoms with van der Waals surface area (Å²) in [6.45, 7) is 0.748. The summed E-state index contributed by atoms with van der Waals surface area (Å²) in [4.78, 5) is 0. The van der Waals surface area contributed by atoms with Crippen LogP contribution in [0.15, 0.2) is 18.2 Å². The lowest BCUT2D eigenvalue weighted by atomic mass is 9.70. The molecule has 0 amide bonds. The van der Waals surface area contributed by atoms with E-state index in [-0.39, 0.29) is 17.3 Å². The minimum absolute atomic E-state index is 0.172. The van der Waals surface area contributed by atoms with Crippen molar-refractivity contribution in [2.75, 3.05) is 6.54 Å². The number of hydrogen-bond acceptors (Lipinski definition) is 2. The third kappa shape index (κ3) is 2.62. The van der Waals surface area contributed by atoms with Gasteiger partial charge in [0.15, 0.2) is 0 Å². The van der Waals surface area contributed by atoms with Gasteiger partial charge in [-0.05, 0) is 49.4 Å². The minimum atomic E-state index is -0.172. The molecule has 3 rings (SSSR count). The highest BCUT2D eigenvalue weighted by atomic mass is 19.1. The molecular formula is C16H22FNO. The third-order valence-electron chi connectivity index (χ3n) is 4.77. The largest absolute Gasteiger partial charge is 0.490 e. The van der Waals surface area contributed by atoms with E-state index in [0.29, 0.717) is 0 Å². The Morgan fingerprint density at radius 3 is 2.79 bits per heavy atom. The summed E-state index contributed by atoms with van der Waals surface area (Å²) in [6, 6.07) is 4.83. The molecule has 2 N–H and O–H groups in total. The second-order valence-electron chi connectivity index (χ2n) is 6.16. The van der Waals surface area contributed by atoms with Gasteiger partial charge in [0.1, 0.15) is 17.7 Å². The van der Waals surface area contributed by atoms with Gasteiger partial charge >= 0.3 is 0 Å². The van der Waals surface area contributed by atoms with Crippen LogP contribution in [0.25, 0.3) is 0 Å². The summed E-state index contributed by atoms with van der Waals surface area (Å²) in [6.07, 6.45) is 8.35. The number of fused-ring (bicyclic) bond motifs is 1. The Morgan fingerprint density at radius 2 is 2.05 bits per heavy atom. The number of ether oxygens (including phenoxy) is 1. The summed E-state index contributed by atoms with van der Waals surface area (Å²) in [5, 5.41) is 0. The Morgan fingerprint density at radius 1 is 1.26 bits per heavy atom. The summed E-state index contributed by atoms with van der Waals surface area (Å²) < 4.78 is 19.2. The summed E-state index contributed by atoms with van der Waals surface area (Å²) >= 11 is 0. The highest BCUT2D eigenvalue weighted by Gasteiger charge is 2.36. The van der Waals surface area contributed by atoms with Gasteiger partial charge in [-0.15, -0.1) is 0 Å². The van der Waals surface area contributed by atoms with Crippen molar-refractivity contribution in [2.24, 2.45) is 11.1 Å². The van der Waals surface area contributed by atoms with E-state index in [1.54, 1.807) is 12.1 Å². The van der Waals surface area contributed by atoms with Crippen LogP contribution in [-0.2, 0) is 6.42 Å². The van der Waals surface area contributed by atoms with Gasteiger partial charge in [0.25, 0.3) is 0 Å². The molecule has 3 heteroatoms. The van der Waals surface area contributed by atoms with E-state index in [1.165, 1.54) is 38.2 Å². The van der Waals surface area contributed by atoms with Gasteiger partial charge in [-0.1, -0.05) is 19.3 Å². The molecule has 1 aliphatic carbocycles. The van der Waals surface area contributed by atoms with Gasteiger partial charge in [0.2, 0.25) is 0 Å². The van der Waals surface area contributed by atoms with Crippen molar-refractivity contribution in [1.82, 2.24) is 0 Å². The van der Waals surface area contributed by atoms with E-state index in [1.807, 2.05) is 0 Å². The Hall–Kier alpha value is -1.09. The third-order valence-corrected chi connectivity index (χ3v) is 4.77. The predicted molar refractivity (Wildman–Crippen MR) is 73.7 cm³/mol. The molecule has 0 spiro atoms. The molecule has 104 valence electrons. The van der Waals surface area contributed by atoms with Crippen molar-refractivity contribution in [3.8, 4) is 5.75 Å². The zero-order valence-corrected chi connectivity index (χ0v) is 11.3. The normalized spacial score (nSPS) is 24.8. The Balaban J connectivity index is 1.69. The first-order valence-electron chi connectivity index (χ1n) is 7.36. The van der Waals surface area contributed by atoms with E-state index in [9.17, 15) is 4.39 Å². The van der Waals surface area contributed by atoms with E-state index >= 15 is 0 Å². The van der Waals surface area contributed by atoms with Crippen molar-refractivity contribution in [3.63, 3.8) is 0 Å². The van der Waals surface area contributed by atoms with Crippen LogP contribution in [0.1, 0.15) is 44.1 Å². The fourth-order valence-electron chi connectivity index (χ4n) is 3.68. The lowest BCUT2D eigenvalue weighted by molar-refractivity contribution is 0.103. The molecule has 1 fully saturated rings. The monoisotopic (exact) mass is 263 g/mol. The topological polar surface area (TPSA) is 35.2 Å². The van der Waals surface area contributed by atoms with Crippen LogP contribution in [-0.4, -0.2) is 12.6 Å². The average molecular weight is 263 g/mol. The first-order valence-corrected chi connectivity index (χ1v) is 7.36. The number of benzene rings is 1. The van der Waals surface area contributed by atoms with Crippen LogP contribution in [0.3, 0.4) is 0 Å². The molecule has 19 heavy (non-hydrogen) atoms. The lowest BCUT2D eigenvalue weighted by Crippen LogP contribution is -2.37. The van der Waals surface area contributed by atoms with Crippen LogP contribution in [0, 0.1) is 11.2 Å². The molecule has 2 aliphatic rings. The molecule has 0 aromatic heterocycles. The zero-order chi connectivity index (χ0) is 13.3. The van der Waals surface area contributed by atoms with Crippen molar-refractivity contribution in [2.45, 2.75) is 51.0 Å². The second kappa shape index (κ2) is 5.12. The highest BCUT2D eigenvalue weighted by molar-refractivity contribution is 5.37.